The highest BCUT2D eigenvalue weighted by molar-refractivity contribution is 7.89. The number of anilines is 4. The van der Waals surface area contributed by atoms with Crippen LogP contribution in [0.2, 0.25) is 0 Å². The first-order valence-corrected chi connectivity index (χ1v) is 9.35. The topological polar surface area (TPSA) is 121 Å². The molecule has 3 rings (SSSR count). The second-order valence-electron chi connectivity index (χ2n) is 5.21. The first-order valence-electron chi connectivity index (χ1n) is 7.03. The van der Waals surface area contributed by atoms with E-state index < -0.39 is 10.0 Å². The number of benzene rings is 1. The zero-order valence-electron chi connectivity index (χ0n) is 12.2. The number of nitrogens with one attached hydrogen (secondary N) is 2. The van der Waals surface area contributed by atoms with Gasteiger partial charge in [-0.25, -0.2) is 13.6 Å². The van der Waals surface area contributed by atoms with Crippen LogP contribution in [0.25, 0.3) is 0 Å². The monoisotopic (exact) mass is 355 g/mol. The largest absolute Gasteiger partial charge is 0.354 e. The SMILES string of the molecule is NS(=O)(=O)c1ccc(Nc2snc(N3CCCC3)c2NO)cc1. The fourth-order valence-electron chi connectivity index (χ4n) is 2.47. The first kappa shape index (κ1) is 16.0. The van der Waals surface area contributed by atoms with Crippen LogP contribution in [0.3, 0.4) is 0 Å². The van der Waals surface area contributed by atoms with E-state index >= 15 is 0 Å². The summed E-state index contributed by atoms with van der Waals surface area (Å²) in [6.45, 7) is 1.84. The van der Waals surface area contributed by atoms with E-state index in [1.807, 2.05) is 0 Å². The van der Waals surface area contributed by atoms with E-state index in [9.17, 15) is 13.6 Å². The maximum atomic E-state index is 11.3. The van der Waals surface area contributed by atoms with Crippen LogP contribution >= 0.6 is 11.5 Å². The lowest BCUT2D eigenvalue weighted by molar-refractivity contribution is 0.389. The summed E-state index contributed by atoms with van der Waals surface area (Å²) in [5.74, 6) is 0.721. The Labute approximate surface area is 138 Å². The molecule has 0 radical (unpaired) electrons. The van der Waals surface area contributed by atoms with Crippen LogP contribution in [0, 0.1) is 0 Å². The zero-order valence-corrected chi connectivity index (χ0v) is 13.8. The van der Waals surface area contributed by atoms with Crippen LogP contribution < -0.4 is 20.8 Å². The zero-order chi connectivity index (χ0) is 16.4. The van der Waals surface area contributed by atoms with Gasteiger partial charge in [0.05, 0.1) is 4.90 Å². The molecule has 1 saturated heterocycles. The molecule has 1 aromatic heterocycles. The van der Waals surface area contributed by atoms with E-state index in [2.05, 4.69) is 20.1 Å². The summed E-state index contributed by atoms with van der Waals surface area (Å²) in [7, 11) is -3.71. The standard InChI is InChI=1S/C13H17N5O3S2/c14-23(20,21)10-5-3-9(4-6-10)15-13-11(16-19)12(17-22-13)18-7-1-2-8-18/h3-6,15-16,19H,1-2,7-8H2,(H2,14,20,21). The fourth-order valence-corrected chi connectivity index (χ4v) is 3.76. The van der Waals surface area contributed by atoms with Gasteiger partial charge in [0.2, 0.25) is 10.0 Å². The molecule has 2 heterocycles. The Bertz CT molecular complexity index is 782. The molecule has 2 aromatic rings. The molecular formula is C13H17N5O3S2. The van der Waals surface area contributed by atoms with Gasteiger partial charge in [0.15, 0.2) is 5.82 Å². The second-order valence-corrected chi connectivity index (χ2v) is 7.55. The van der Waals surface area contributed by atoms with Gasteiger partial charge in [-0.2, -0.15) is 4.37 Å². The molecule has 0 spiro atoms. The lowest BCUT2D eigenvalue weighted by Gasteiger charge is -2.16. The normalized spacial score (nSPS) is 15.0. The first-order chi connectivity index (χ1) is 11.0. The average Bonchev–Trinajstić information content (AvgIpc) is 3.15. The van der Waals surface area contributed by atoms with Gasteiger partial charge in [-0.3, -0.25) is 10.7 Å². The highest BCUT2D eigenvalue weighted by Gasteiger charge is 2.22. The number of rotatable bonds is 5. The van der Waals surface area contributed by atoms with Crippen molar-refractivity contribution in [1.29, 1.82) is 0 Å². The van der Waals surface area contributed by atoms with Crippen LogP contribution in [0.4, 0.5) is 22.2 Å². The highest BCUT2D eigenvalue weighted by atomic mass is 32.2. The van der Waals surface area contributed by atoms with Gasteiger partial charge in [-0.1, -0.05) is 0 Å². The van der Waals surface area contributed by atoms with Crippen molar-refractivity contribution in [1.82, 2.24) is 4.37 Å². The van der Waals surface area contributed by atoms with Crippen LogP contribution in [0.15, 0.2) is 29.2 Å². The molecule has 1 aliphatic heterocycles. The number of sulfonamides is 1. The van der Waals surface area contributed by atoms with Crippen molar-refractivity contribution >= 4 is 43.7 Å². The van der Waals surface area contributed by atoms with Crippen LogP contribution in [0.1, 0.15) is 12.8 Å². The molecule has 0 saturated carbocycles. The molecule has 0 amide bonds. The minimum atomic E-state index is -3.71. The summed E-state index contributed by atoms with van der Waals surface area (Å²) < 4.78 is 26.9. The molecule has 10 heteroatoms. The predicted molar refractivity (Wildman–Crippen MR) is 90.1 cm³/mol. The second kappa shape index (κ2) is 6.32. The van der Waals surface area contributed by atoms with E-state index in [4.69, 9.17) is 5.14 Å². The van der Waals surface area contributed by atoms with Gasteiger partial charge in [0, 0.05) is 18.8 Å². The molecule has 0 aliphatic carbocycles. The Morgan fingerprint density at radius 1 is 1.22 bits per heavy atom. The van der Waals surface area contributed by atoms with Crippen molar-refractivity contribution in [3.63, 3.8) is 0 Å². The number of primary sulfonamides is 1. The Balaban J connectivity index is 1.82. The van der Waals surface area contributed by atoms with Gasteiger partial charge in [-0.05, 0) is 48.6 Å². The average molecular weight is 355 g/mol. The number of nitrogens with zero attached hydrogens (tertiary/aromatic N) is 2. The molecule has 124 valence electrons. The minimum Gasteiger partial charge on any atom is -0.354 e. The number of hydrogen-bond donors (Lipinski definition) is 4. The quantitative estimate of drug-likeness (QED) is 0.605. The summed E-state index contributed by atoms with van der Waals surface area (Å²) in [4.78, 5) is 2.16. The molecule has 1 aromatic carbocycles. The molecule has 0 atom stereocenters. The van der Waals surface area contributed by atoms with Crippen molar-refractivity contribution in [2.75, 3.05) is 28.8 Å². The van der Waals surface area contributed by atoms with Crippen LogP contribution in [-0.2, 0) is 10.0 Å². The van der Waals surface area contributed by atoms with Crippen molar-refractivity contribution in [2.45, 2.75) is 17.7 Å². The predicted octanol–water partition coefficient (Wildman–Crippen LogP) is 1.94. The van der Waals surface area contributed by atoms with Crippen molar-refractivity contribution in [2.24, 2.45) is 5.14 Å². The number of aromatic nitrogens is 1. The molecule has 0 bridgehead atoms. The number of nitrogens with two attached hydrogens (primary N) is 1. The maximum absolute atomic E-state index is 11.3. The van der Waals surface area contributed by atoms with E-state index in [0.29, 0.717) is 16.4 Å². The third-order valence-electron chi connectivity index (χ3n) is 3.63. The van der Waals surface area contributed by atoms with E-state index in [1.54, 1.807) is 12.1 Å². The lowest BCUT2D eigenvalue weighted by Crippen LogP contribution is -2.19. The Kier molecular flexibility index (Phi) is 4.39. The molecule has 1 fully saturated rings. The van der Waals surface area contributed by atoms with Crippen LogP contribution in [-0.4, -0.2) is 31.1 Å². The summed E-state index contributed by atoms with van der Waals surface area (Å²) in [5, 5.41) is 18.3. The molecule has 23 heavy (non-hydrogen) atoms. The molecule has 0 unspecified atom stereocenters. The van der Waals surface area contributed by atoms with Gasteiger partial charge < -0.3 is 10.2 Å². The van der Waals surface area contributed by atoms with Crippen LogP contribution in [0.5, 0.6) is 0 Å². The van der Waals surface area contributed by atoms with Crippen molar-refractivity contribution in [3.05, 3.63) is 24.3 Å². The summed E-state index contributed by atoms with van der Waals surface area (Å²) >= 11 is 1.22. The van der Waals surface area contributed by atoms with Gasteiger partial charge in [-0.15, -0.1) is 0 Å². The Hall–Kier alpha value is -1.88. The van der Waals surface area contributed by atoms with Gasteiger partial charge >= 0.3 is 0 Å². The summed E-state index contributed by atoms with van der Waals surface area (Å²) in [6, 6.07) is 6.06. The molecular weight excluding hydrogens is 338 g/mol. The van der Waals surface area contributed by atoms with Gasteiger partial charge in [0.25, 0.3) is 0 Å². The van der Waals surface area contributed by atoms with E-state index in [0.717, 1.165) is 31.7 Å². The smallest absolute Gasteiger partial charge is 0.238 e. The molecule has 5 N–H and O–H groups in total. The minimum absolute atomic E-state index is 0.0469. The fraction of sp³-hybridized carbons (Fsp3) is 0.308. The third-order valence-corrected chi connectivity index (χ3v) is 5.31. The Morgan fingerprint density at radius 2 is 1.87 bits per heavy atom. The summed E-state index contributed by atoms with van der Waals surface area (Å²) in [6.07, 6.45) is 2.22. The molecule has 8 nitrogen and oxygen atoms in total. The summed E-state index contributed by atoms with van der Waals surface area (Å²) in [5.41, 5.74) is 3.40. The van der Waals surface area contributed by atoms with E-state index in [-0.39, 0.29) is 4.90 Å². The van der Waals surface area contributed by atoms with Crippen molar-refractivity contribution < 1.29 is 13.6 Å². The Morgan fingerprint density at radius 3 is 2.43 bits per heavy atom. The maximum Gasteiger partial charge on any atom is 0.238 e. The number of hydrogen-bond acceptors (Lipinski definition) is 8. The van der Waals surface area contributed by atoms with Crippen molar-refractivity contribution in [3.8, 4) is 0 Å². The van der Waals surface area contributed by atoms with E-state index in [1.165, 1.54) is 23.7 Å². The third kappa shape index (κ3) is 3.39. The highest BCUT2D eigenvalue weighted by Crippen LogP contribution is 2.39. The van der Waals surface area contributed by atoms with Gasteiger partial charge in [0.1, 0.15) is 10.7 Å². The molecule has 1 aliphatic rings. The lowest BCUT2D eigenvalue weighted by atomic mass is 10.3.